The van der Waals surface area contributed by atoms with Crippen molar-refractivity contribution >= 4 is 27.8 Å². The van der Waals surface area contributed by atoms with Crippen molar-refractivity contribution in [1.29, 1.82) is 0 Å². The molecule has 2 aliphatic rings. The Labute approximate surface area is 274 Å². The highest BCUT2D eigenvalue weighted by Gasteiger charge is 2.36. The number of aryl methyl sites for hydroxylation is 2. The zero-order valence-corrected chi connectivity index (χ0v) is 26.8. The molecule has 0 radical (unpaired) electrons. The van der Waals surface area contributed by atoms with Gasteiger partial charge in [-0.3, -0.25) is 9.97 Å². The number of aromatic nitrogens is 2. The smallest absolute Gasteiger partial charge is 0.133 e. The maximum Gasteiger partial charge on any atom is 0.133 e. The molecule has 1 aromatic heterocycles. The van der Waals surface area contributed by atoms with Crippen LogP contribution in [-0.2, 0) is 5.41 Å². The summed E-state index contributed by atoms with van der Waals surface area (Å²) in [5.41, 5.74) is 15.6. The van der Waals surface area contributed by atoms with E-state index in [0.717, 1.165) is 44.4 Å². The van der Waals surface area contributed by atoms with E-state index in [2.05, 4.69) is 134 Å². The molecule has 0 amide bonds. The molecule has 4 heteroatoms. The summed E-state index contributed by atoms with van der Waals surface area (Å²) in [7, 11) is 0. The fraction of sp³-hybridized carbons (Fsp3) is 0.116. The summed E-state index contributed by atoms with van der Waals surface area (Å²) in [5.74, 6) is -0.267. The Kier molecular flexibility index (Phi) is 5.86. The Morgan fingerprint density at radius 3 is 1.91 bits per heavy atom. The highest BCUT2D eigenvalue weighted by Crippen LogP contribution is 2.52. The van der Waals surface area contributed by atoms with E-state index in [1.165, 1.54) is 39.2 Å². The Morgan fingerprint density at radius 1 is 0.596 bits per heavy atom. The second-order valence-corrected chi connectivity index (χ2v) is 13.3. The third-order valence-corrected chi connectivity index (χ3v) is 10.2. The first-order valence-corrected chi connectivity index (χ1v) is 16.1. The summed E-state index contributed by atoms with van der Waals surface area (Å²) in [5, 5.41) is 1.90. The molecule has 0 fully saturated rings. The predicted molar refractivity (Wildman–Crippen MR) is 191 cm³/mol. The number of para-hydroxylation sites is 2. The van der Waals surface area contributed by atoms with Crippen LogP contribution in [-0.4, -0.2) is 9.97 Å². The van der Waals surface area contributed by atoms with Crippen molar-refractivity contribution in [2.24, 2.45) is 0 Å². The van der Waals surface area contributed by atoms with Gasteiger partial charge in [0, 0.05) is 40.0 Å². The standard InChI is InChI=1S/C43H32FN3/c1-25-22-27(33-24-36(44)40-39-31(33)10-9-11-32(39)41-42(40)46-21-20-45-41)16-18-29(25)30-19-17-28(23-26(30)2)47-37-14-7-5-12-34(37)43(3,4)35-13-6-8-15-38(35)47/h5-24H,1-4H3. The minimum atomic E-state index is -0.267. The van der Waals surface area contributed by atoms with Crippen molar-refractivity contribution in [2.75, 3.05) is 4.90 Å². The molecule has 0 spiro atoms. The largest absolute Gasteiger partial charge is 0.310 e. The van der Waals surface area contributed by atoms with E-state index >= 15 is 4.39 Å². The first kappa shape index (κ1) is 27.7. The quantitative estimate of drug-likeness (QED) is 0.200. The second kappa shape index (κ2) is 9.94. The summed E-state index contributed by atoms with van der Waals surface area (Å²) in [4.78, 5) is 11.4. The third kappa shape index (κ3) is 3.91. The number of fused-ring (bicyclic) bond motifs is 5. The highest BCUT2D eigenvalue weighted by atomic mass is 19.1. The first-order valence-electron chi connectivity index (χ1n) is 16.1. The number of nitrogens with zero attached hydrogens (tertiary/aromatic N) is 3. The van der Waals surface area contributed by atoms with Crippen LogP contribution in [0, 0.1) is 19.7 Å². The van der Waals surface area contributed by atoms with E-state index in [-0.39, 0.29) is 11.2 Å². The molecule has 6 aromatic carbocycles. The molecule has 226 valence electrons. The fourth-order valence-electron chi connectivity index (χ4n) is 8.00. The Morgan fingerprint density at radius 2 is 1.23 bits per heavy atom. The van der Waals surface area contributed by atoms with Crippen LogP contribution in [0.2, 0.25) is 0 Å². The van der Waals surface area contributed by atoms with Crippen LogP contribution in [0.3, 0.4) is 0 Å². The van der Waals surface area contributed by atoms with Gasteiger partial charge in [-0.05, 0) is 94.1 Å². The molecule has 1 aliphatic heterocycles. The van der Waals surface area contributed by atoms with Gasteiger partial charge in [0.2, 0.25) is 0 Å². The van der Waals surface area contributed by atoms with Gasteiger partial charge in [0.1, 0.15) is 11.5 Å². The normalized spacial score (nSPS) is 13.8. The molecule has 1 aliphatic carbocycles. The lowest BCUT2D eigenvalue weighted by Crippen LogP contribution is -2.30. The van der Waals surface area contributed by atoms with Gasteiger partial charge in [-0.2, -0.15) is 0 Å². The lowest BCUT2D eigenvalue weighted by atomic mass is 9.73. The Bertz CT molecular complexity index is 2390. The van der Waals surface area contributed by atoms with E-state index in [9.17, 15) is 0 Å². The summed E-state index contributed by atoms with van der Waals surface area (Å²) < 4.78 is 15.8. The Balaban J connectivity index is 1.13. The van der Waals surface area contributed by atoms with Crippen LogP contribution in [0.4, 0.5) is 21.5 Å². The minimum absolute atomic E-state index is 0.0941. The zero-order valence-electron chi connectivity index (χ0n) is 26.8. The monoisotopic (exact) mass is 609 g/mol. The first-order chi connectivity index (χ1) is 22.8. The van der Waals surface area contributed by atoms with Gasteiger partial charge in [0.15, 0.2) is 0 Å². The zero-order chi connectivity index (χ0) is 32.0. The number of hydrogen-bond acceptors (Lipinski definition) is 3. The number of rotatable bonds is 3. The molecule has 0 saturated carbocycles. The lowest BCUT2D eigenvalue weighted by Gasteiger charge is -2.42. The van der Waals surface area contributed by atoms with Gasteiger partial charge in [0.25, 0.3) is 0 Å². The van der Waals surface area contributed by atoms with Crippen LogP contribution < -0.4 is 4.90 Å². The van der Waals surface area contributed by atoms with Crippen molar-refractivity contribution in [1.82, 2.24) is 9.97 Å². The molecule has 0 bridgehead atoms. The molecule has 9 rings (SSSR count). The Hall–Kier alpha value is -5.61. The molecule has 0 saturated heterocycles. The van der Waals surface area contributed by atoms with Crippen LogP contribution in [0.1, 0.15) is 36.1 Å². The highest BCUT2D eigenvalue weighted by molar-refractivity contribution is 6.17. The second-order valence-electron chi connectivity index (χ2n) is 13.3. The van der Waals surface area contributed by atoms with Gasteiger partial charge < -0.3 is 4.90 Å². The van der Waals surface area contributed by atoms with Crippen molar-refractivity contribution < 1.29 is 4.39 Å². The minimum Gasteiger partial charge on any atom is -0.310 e. The maximum absolute atomic E-state index is 15.8. The average Bonchev–Trinajstić information content (AvgIpc) is 3.43. The van der Waals surface area contributed by atoms with Gasteiger partial charge >= 0.3 is 0 Å². The molecule has 0 unspecified atom stereocenters. The van der Waals surface area contributed by atoms with Crippen molar-refractivity contribution in [2.45, 2.75) is 33.1 Å². The summed E-state index contributed by atoms with van der Waals surface area (Å²) in [6, 6.07) is 38.5. The van der Waals surface area contributed by atoms with E-state index in [1.807, 2.05) is 12.1 Å². The predicted octanol–water partition coefficient (Wildman–Crippen LogP) is 11.5. The topological polar surface area (TPSA) is 29.0 Å². The number of benzene rings is 6. The van der Waals surface area contributed by atoms with E-state index < -0.39 is 0 Å². The third-order valence-electron chi connectivity index (χ3n) is 10.2. The molecule has 47 heavy (non-hydrogen) atoms. The molecular formula is C43H32FN3. The van der Waals surface area contributed by atoms with Crippen molar-refractivity contribution in [3.63, 3.8) is 0 Å². The summed E-state index contributed by atoms with van der Waals surface area (Å²) in [6.07, 6.45) is 3.30. The van der Waals surface area contributed by atoms with Crippen LogP contribution >= 0.6 is 0 Å². The molecule has 2 heterocycles. The molecule has 0 atom stereocenters. The maximum atomic E-state index is 15.8. The number of hydrogen-bond donors (Lipinski definition) is 0. The van der Waals surface area contributed by atoms with Gasteiger partial charge in [0.05, 0.1) is 17.1 Å². The van der Waals surface area contributed by atoms with E-state index in [0.29, 0.717) is 11.3 Å². The average molecular weight is 610 g/mol. The molecule has 0 N–H and O–H groups in total. The summed E-state index contributed by atoms with van der Waals surface area (Å²) in [6.45, 7) is 8.96. The van der Waals surface area contributed by atoms with Gasteiger partial charge in [-0.15, -0.1) is 0 Å². The fourth-order valence-corrected chi connectivity index (χ4v) is 8.00. The van der Waals surface area contributed by atoms with Crippen molar-refractivity contribution in [3.05, 3.63) is 150 Å². The van der Waals surface area contributed by atoms with E-state index in [1.54, 1.807) is 18.5 Å². The van der Waals surface area contributed by atoms with E-state index in [4.69, 9.17) is 0 Å². The molecule has 3 nitrogen and oxygen atoms in total. The molecular weight excluding hydrogens is 577 g/mol. The lowest BCUT2D eigenvalue weighted by molar-refractivity contribution is 0.632. The molecule has 7 aromatic rings. The van der Waals surface area contributed by atoms with Crippen LogP contribution in [0.25, 0.3) is 55.5 Å². The number of halogens is 1. The van der Waals surface area contributed by atoms with Crippen LogP contribution in [0.15, 0.2) is 122 Å². The van der Waals surface area contributed by atoms with Crippen molar-refractivity contribution in [3.8, 4) is 44.8 Å². The van der Waals surface area contributed by atoms with Crippen LogP contribution in [0.5, 0.6) is 0 Å². The van der Waals surface area contributed by atoms with Gasteiger partial charge in [-0.1, -0.05) is 92.7 Å². The number of anilines is 3. The van der Waals surface area contributed by atoms with Gasteiger partial charge in [-0.25, -0.2) is 4.39 Å². The SMILES string of the molecule is Cc1cc(-c2cc(F)c3c4c(cccc24)-c2nccnc2-3)ccc1-c1ccc(N2c3ccccc3C(C)(C)c3ccccc32)cc1C. The summed E-state index contributed by atoms with van der Waals surface area (Å²) >= 11 is 0.